The molecule has 6 nitrogen and oxygen atoms in total. The zero-order valence-corrected chi connectivity index (χ0v) is 15.2. The summed E-state index contributed by atoms with van der Waals surface area (Å²) in [6.45, 7) is 0.450. The summed E-state index contributed by atoms with van der Waals surface area (Å²) in [5, 5.41) is 11.1. The molecule has 0 bridgehead atoms. The Labute approximate surface area is 163 Å². The molecule has 2 aromatic carbocycles. The van der Waals surface area contributed by atoms with Crippen molar-refractivity contribution >= 4 is 11.9 Å². The van der Waals surface area contributed by atoms with Crippen LogP contribution in [0.4, 0.5) is 0 Å². The number of rotatable bonds is 7. The van der Waals surface area contributed by atoms with Crippen LogP contribution in [-0.2, 0) is 22.6 Å². The molecule has 0 N–H and O–H groups in total. The quantitative estimate of drug-likeness (QED) is 0.361. The minimum atomic E-state index is -0.645. The molecule has 1 heterocycles. The van der Waals surface area contributed by atoms with Crippen molar-refractivity contribution in [2.45, 2.75) is 13.1 Å². The number of amides is 1. The molecule has 6 heteroatoms. The van der Waals surface area contributed by atoms with Gasteiger partial charge in [0.15, 0.2) is 19.0 Å². The van der Waals surface area contributed by atoms with Gasteiger partial charge in [0.1, 0.15) is 0 Å². The van der Waals surface area contributed by atoms with Gasteiger partial charge < -0.3 is 14.8 Å². The number of benzene rings is 2. The number of carbonyl (C=O) groups is 2. The van der Waals surface area contributed by atoms with Gasteiger partial charge in [-0.3, -0.25) is 4.79 Å². The van der Waals surface area contributed by atoms with Crippen molar-refractivity contribution in [3.8, 4) is 0 Å². The van der Waals surface area contributed by atoms with Gasteiger partial charge in [-0.05, 0) is 11.1 Å². The Kier molecular flexibility index (Phi) is 6.36. The van der Waals surface area contributed by atoms with Crippen molar-refractivity contribution < 1.29 is 19.1 Å². The molecule has 142 valence electrons. The van der Waals surface area contributed by atoms with E-state index >= 15 is 0 Å². The molecule has 0 saturated carbocycles. The molecule has 0 aliphatic heterocycles. The number of hydrogen-bond acceptors (Lipinski definition) is 4. The highest BCUT2D eigenvalue weighted by Crippen LogP contribution is 2.11. The highest BCUT2D eigenvalue weighted by molar-refractivity contribution is 5.91. The van der Waals surface area contributed by atoms with Crippen molar-refractivity contribution in [3.05, 3.63) is 107 Å². The summed E-state index contributed by atoms with van der Waals surface area (Å²) < 4.78 is 5.72. The number of nitrogens with zero attached hydrogens (tertiary/aromatic N) is 2. The predicted octanol–water partition coefficient (Wildman–Crippen LogP) is 2.71. The van der Waals surface area contributed by atoms with E-state index in [1.807, 2.05) is 60.7 Å². The molecule has 1 aromatic heterocycles. The fourth-order valence-corrected chi connectivity index (χ4v) is 2.69. The van der Waals surface area contributed by atoms with Gasteiger partial charge in [-0.1, -0.05) is 60.7 Å². The van der Waals surface area contributed by atoms with E-state index in [1.54, 1.807) is 4.90 Å². The third kappa shape index (κ3) is 5.41. The van der Waals surface area contributed by atoms with Gasteiger partial charge in [-0.25, -0.2) is 4.79 Å². The van der Waals surface area contributed by atoms with E-state index in [2.05, 4.69) is 0 Å². The molecule has 1 amide bonds. The Bertz CT molecular complexity index is 871. The molecule has 0 aliphatic carbocycles. The minimum Gasteiger partial charge on any atom is -0.619 e. The standard InChI is InChI=1S/C22H20N2O4/c25-21(17-28-22(26)20-11-13-24(27)14-12-20)23(15-18-7-3-1-4-8-18)16-19-9-5-2-6-10-19/h1-14H,15-17H2. The SMILES string of the molecule is O=C(OCC(=O)N(Cc1ccccc1)Cc1ccccc1)c1cc[n+]([O-])cc1. The fourth-order valence-electron chi connectivity index (χ4n) is 2.69. The first kappa shape index (κ1) is 19.1. The third-order valence-corrected chi connectivity index (χ3v) is 4.15. The van der Waals surface area contributed by atoms with Crippen molar-refractivity contribution in [3.63, 3.8) is 0 Å². The maximum Gasteiger partial charge on any atom is 0.339 e. The summed E-state index contributed by atoms with van der Waals surface area (Å²) in [6, 6.07) is 22.0. The van der Waals surface area contributed by atoms with E-state index in [9.17, 15) is 14.8 Å². The summed E-state index contributed by atoms with van der Waals surface area (Å²) in [4.78, 5) is 26.5. The first-order chi connectivity index (χ1) is 13.6. The smallest absolute Gasteiger partial charge is 0.339 e. The molecule has 0 atom stereocenters. The lowest BCUT2D eigenvalue weighted by Gasteiger charge is -2.23. The highest BCUT2D eigenvalue weighted by atomic mass is 16.5. The van der Waals surface area contributed by atoms with E-state index in [0.717, 1.165) is 11.1 Å². The molecule has 0 radical (unpaired) electrons. The second kappa shape index (κ2) is 9.32. The van der Waals surface area contributed by atoms with E-state index in [4.69, 9.17) is 4.74 Å². The van der Waals surface area contributed by atoms with Gasteiger partial charge in [0.2, 0.25) is 0 Å². The second-order valence-corrected chi connectivity index (χ2v) is 6.24. The molecule has 0 unspecified atom stereocenters. The van der Waals surface area contributed by atoms with Gasteiger partial charge in [0, 0.05) is 25.2 Å². The zero-order valence-electron chi connectivity index (χ0n) is 15.2. The van der Waals surface area contributed by atoms with Crippen LogP contribution in [0.25, 0.3) is 0 Å². The number of carbonyl (C=O) groups excluding carboxylic acids is 2. The molecular formula is C22H20N2O4. The number of aromatic nitrogens is 1. The van der Waals surface area contributed by atoms with Gasteiger partial charge in [0.05, 0.1) is 5.56 Å². The first-order valence-electron chi connectivity index (χ1n) is 8.83. The Morgan fingerprint density at radius 2 is 1.32 bits per heavy atom. The van der Waals surface area contributed by atoms with Crippen LogP contribution in [-0.4, -0.2) is 23.4 Å². The second-order valence-electron chi connectivity index (χ2n) is 6.24. The molecule has 0 spiro atoms. The normalized spacial score (nSPS) is 10.3. The predicted molar refractivity (Wildman–Crippen MR) is 103 cm³/mol. The number of hydrogen-bond donors (Lipinski definition) is 0. The fraction of sp³-hybridized carbons (Fsp3) is 0.136. The first-order valence-corrected chi connectivity index (χ1v) is 8.83. The van der Waals surface area contributed by atoms with E-state index in [-0.39, 0.29) is 18.1 Å². The maximum atomic E-state index is 12.7. The summed E-state index contributed by atoms with van der Waals surface area (Å²) >= 11 is 0. The summed E-state index contributed by atoms with van der Waals surface area (Å²) in [6.07, 6.45) is 2.41. The topological polar surface area (TPSA) is 73.6 Å². The molecule has 3 aromatic rings. The Morgan fingerprint density at radius 3 is 1.82 bits per heavy atom. The molecular weight excluding hydrogens is 356 g/mol. The average molecular weight is 376 g/mol. The summed E-state index contributed by atoms with van der Waals surface area (Å²) in [5.41, 5.74) is 2.19. The maximum absolute atomic E-state index is 12.7. The monoisotopic (exact) mass is 376 g/mol. The van der Waals surface area contributed by atoms with Crippen molar-refractivity contribution in [2.75, 3.05) is 6.61 Å². The van der Waals surface area contributed by atoms with Gasteiger partial charge >= 0.3 is 5.97 Å². The van der Waals surface area contributed by atoms with Crippen LogP contribution in [0, 0.1) is 5.21 Å². The molecule has 28 heavy (non-hydrogen) atoms. The van der Waals surface area contributed by atoms with Crippen LogP contribution < -0.4 is 4.73 Å². The average Bonchev–Trinajstić information content (AvgIpc) is 2.73. The van der Waals surface area contributed by atoms with E-state index in [1.165, 1.54) is 24.5 Å². The van der Waals surface area contributed by atoms with Crippen LogP contribution in [0.2, 0.25) is 0 Å². The molecule has 0 fully saturated rings. The van der Waals surface area contributed by atoms with Crippen molar-refractivity contribution in [1.29, 1.82) is 0 Å². The molecule has 3 rings (SSSR count). The number of pyridine rings is 1. The van der Waals surface area contributed by atoms with E-state index < -0.39 is 5.97 Å². The van der Waals surface area contributed by atoms with Crippen molar-refractivity contribution in [1.82, 2.24) is 4.90 Å². The van der Waals surface area contributed by atoms with Crippen LogP contribution in [0.3, 0.4) is 0 Å². The Morgan fingerprint density at radius 1 is 0.821 bits per heavy atom. The van der Waals surface area contributed by atoms with Crippen LogP contribution in [0.5, 0.6) is 0 Å². The number of ether oxygens (including phenoxy) is 1. The summed E-state index contributed by atoms with van der Waals surface area (Å²) in [5.74, 6) is -0.941. The number of esters is 1. The lowest BCUT2D eigenvalue weighted by molar-refractivity contribution is -0.605. The lowest BCUT2D eigenvalue weighted by atomic mass is 10.1. The molecule has 0 saturated heterocycles. The van der Waals surface area contributed by atoms with Crippen LogP contribution >= 0.6 is 0 Å². The van der Waals surface area contributed by atoms with E-state index in [0.29, 0.717) is 17.8 Å². The van der Waals surface area contributed by atoms with Gasteiger partial charge in [-0.2, -0.15) is 4.73 Å². The zero-order chi connectivity index (χ0) is 19.8. The van der Waals surface area contributed by atoms with Crippen molar-refractivity contribution in [2.24, 2.45) is 0 Å². The van der Waals surface area contributed by atoms with Gasteiger partial charge in [-0.15, -0.1) is 0 Å². The molecule has 0 aliphatic rings. The summed E-state index contributed by atoms with van der Waals surface area (Å²) in [7, 11) is 0. The Hall–Kier alpha value is -3.67. The lowest BCUT2D eigenvalue weighted by Crippen LogP contribution is -2.34. The Balaban J connectivity index is 1.66. The largest absolute Gasteiger partial charge is 0.619 e. The minimum absolute atomic E-state index is 0.220. The van der Waals surface area contributed by atoms with Crippen LogP contribution in [0.1, 0.15) is 21.5 Å². The highest BCUT2D eigenvalue weighted by Gasteiger charge is 2.18. The van der Waals surface area contributed by atoms with Crippen LogP contribution in [0.15, 0.2) is 85.2 Å². The third-order valence-electron chi connectivity index (χ3n) is 4.15. The van der Waals surface area contributed by atoms with Gasteiger partial charge in [0.25, 0.3) is 5.91 Å².